The molecule has 0 aliphatic heterocycles. The largest absolute Gasteiger partial charge is 0.508 e. The number of rotatable bonds is 4. The number of carbonyl (C=O) groups is 1. The van der Waals surface area contributed by atoms with Crippen LogP contribution in [0.2, 0.25) is 5.02 Å². The Hall–Kier alpha value is -3.12. The van der Waals surface area contributed by atoms with E-state index in [0.717, 1.165) is 0 Å². The molecule has 0 spiro atoms. The molecule has 0 saturated carbocycles. The molecule has 6 nitrogen and oxygen atoms in total. The van der Waals surface area contributed by atoms with E-state index in [9.17, 15) is 9.90 Å². The fourth-order valence-electron chi connectivity index (χ4n) is 1.91. The van der Waals surface area contributed by atoms with Gasteiger partial charge in [0.1, 0.15) is 22.8 Å². The number of halogens is 1. The van der Waals surface area contributed by atoms with E-state index in [2.05, 4.69) is 15.3 Å². The number of nitrogens with zero attached hydrogens (tertiary/aromatic N) is 2. The standard InChI is InChI=1S/C17H12ClN3O3/c18-14-15(21-16(23)11-4-2-1-3-5-11)19-10-20-17(14)24-13-8-6-12(22)7-9-13/h1-10,22H,(H,19,20,21,23). The maximum atomic E-state index is 12.2. The molecular formula is C17H12ClN3O3. The van der Waals surface area contributed by atoms with Crippen LogP contribution in [0.3, 0.4) is 0 Å². The highest BCUT2D eigenvalue weighted by molar-refractivity contribution is 6.34. The van der Waals surface area contributed by atoms with Crippen molar-refractivity contribution in [3.63, 3.8) is 0 Å². The predicted molar refractivity (Wildman–Crippen MR) is 89.6 cm³/mol. The molecule has 0 unspecified atom stereocenters. The van der Waals surface area contributed by atoms with E-state index in [4.69, 9.17) is 16.3 Å². The minimum atomic E-state index is -0.341. The summed E-state index contributed by atoms with van der Waals surface area (Å²) in [7, 11) is 0. The number of nitrogens with one attached hydrogen (secondary N) is 1. The minimum absolute atomic E-state index is 0.0786. The summed E-state index contributed by atoms with van der Waals surface area (Å²) in [5.41, 5.74) is 0.480. The third-order valence-corrected chi connectivity index (χ3v) is 3.42. The molecule has 0 bridgehead atoms. The van der Waals surface area contributed by atoms with Crippen LogP contribution in [-0.2, 0) is 0 Å². The van der Waals surface area contributed by atoms with Crippen LogP contribution in [0.15, 0.2) is 60.9 Å². The van der Waals surface area contributed by atoms with Crippen molar-refractivity contribution in [3.8, 4) is 17.4 Å². The Morgan fingerprint density at radius 3 is 2.46 bits per heavy atom. The summed E-state index contributed by atoms with van der Waals surface area (Å²) < 4.78 is 5.55. The van der Waals surface area contributed by atoms with Crippen LogP contribution in [0.25, 0.3) is 0 Å². The molecule has 1 aromatic heterocycles. The van der Waals surface area contributed by atoms with Gasteiger partial charge in [0.15, 0.2) is 5.82 Å². The number of phenols is 1. The number of carbonyl (C=O) groups excluding carboxylic acids is 1. The second-order valence-corrected chi connectivity index (χ2v) is 5.14. The first-order valence-corrected chi connectivity index (χ1v) is 7.35. The fourth-order valence-corrected chi connectivity index (χ4v) is 2.09. The van der Waals surface area contributed by atoms with Crippen molar-refractivity contribution in [3.05, 3.63) is 71.5 Å². The zero-order valence-electron chi connectivity index (χ0n) is 12.3. The number of ether oxygens (including phenoxy) is 1. The number of hydrogen-bond donors (Lipinski definition) is 2. The van der Waals surface area contributed by atoms with Gasteiger partial charge in [0, 0.05) is 5.56 Å². The highest BCUT2D eigenvalue weighted by Crippen LogP contribution is 2.32. The number of benzene rings is 2. The monoisotopic (exact) mass is 341 g/mol. The van der Waals surface area contributed by atoms with Gasteiger partial charge in [0.05, 0.1) is 0 Å². The molecule has 120 valence electrons. The van der Waals surface area contributed by atoms with Crippen LogP contribution < -0.4 is 10.1 Å². The summed E-state index contributed by atoms with van der Waals surface area (Å²) in [5, 5.41) is 12.0. The van der Waals surface area contributed by atoms with E-state index < -0.39 is 0 Å². The Morgan fingerprint density at radius 2 is 1.75 bits per heavy atom. The predicted octanol–water partition coefficient (Wildman–Crippen LogP) is 3.88. The van der Waals surface area contributed by atoms with E-state index in [0.29, 0.717) is 11.3 Å². The Balaban J connectivity index is 1.80. The molecule has 0 aliphatic rings. The maximum Gasteiger partial charge on any atom is 0.256 e. The van der Waals surface area contributed by atoms with Crippen LogP contribution in [0.4, 0.5) is 5.82 Å². The first-order valence-electron chi connectivity index (χ1n) is 6.97. The lowest BCUT2D eigenvalue weighted by Crippen LogP contribution is -2.13. The van der Waals surface area contributed by atoms with E-state index in [1.54, 1.807) is 36.4 Å². The van der Waals surface area contributed by atoms with Gasteiger partial charge in [-0.05, 0) is 36.4 Å². The van der Waals surface area contributed by atoms with Gasteiger partial charge in [-0.25, -0.2) is 4.98 Å². The lowest BCUT2D eigenvalue weighted by atomic mass is 10.2. The van der Waals surface area contributed by atoms with Crippen LogP contribution >= 0.6 is 11.6 Å². The third kappa shape index (κ3) is 3.61. The number of anilines is 1. The van der Waals surface area contributed by atoms with Crippen molar-refractivity contribution >= 4 is 23.3 Å². The van der Waals surface area contributed by atoms with E-state index >= 15 is 0 Å². The smallest absolute Gasteiger partial charge is 0.256 e. The summed E-state index contributed by atoms with van der Waals surface area (Å²) in [6, 6.07) is 14.8. The van der Waals surface area contributed by atoms with Crippen molar-refractivity contribution in [2.45, 2.75) is 0 Å². The normalized spacial score (nSPS) is 10.2. The second kappa shape index (κ2) is 6.97. The molecule has 1 amide bonds. The van der Waals surface area contributed by atoms with Gasteiger partial charge in [-0.15, -0.1) is 0 Å². The zero-order valence-corrected chi connectivity index (χ0v) is 13.1. The van der Waals surface area contributed by atoms with Gasteiger partial charge in [-0.2, -0.15) is 4.98 Å². The molecule has 3 aromatic rings. The van der Waals surface area contributed by atoms with Crippen molar-refractivity contribution in [2.75, 3.05) is 5.32 Å². The summed E-state index contributed by atoms with van der Waals surface area (Å²) in [5.74, 6) is 0.461. The molecule has 1 heterocycles. The molecule has 0 saturated heterocycles. The summed E-state index contributed by atoms with van der Waals surface area (Å²) in [4.78, 5) is 20.1. The number of aromatic nitrogens is 2. The van der Waals surface area contributed by atoms with Gasteiger partial charge in [0.2, 0.25) is 5.88 Å². The first kappa shape index (κ1) is 15.8. The van der Waals surface area contributed by atoms with E-state index in [-0.39, 0.29) is 28.4 Å². The second-order valence-electron chi connectivity index (χ2n) is 4.76. The summed E-state index contributed by atoms with van der Waals surface area (Å²) >= 11 is 6.21. The van der Waals surface area contributed by atoms with Gasteiger partial charge in [-0.3, -0.25) is 4.79 Å². The van der Waals surface area contributed by atoms with Crippen molar-refractivity contribution < 1.29 is 14.6 Å². The van der Waals surface area contributed by atoms with Gasteiger partial charge >= 0.3 is 0 Å². The topological polar surface area (TPSA) is 84.3 Å². The molecule has 7 heteroatoms. The van der Waals surface area contributed by atoms with Gasteiger partial charge in [-0.1, -0.05) is 29.8 Å². The average Bonchev–Trinajstić information content (AvgIpc) is 2.61. The highest BCUT2D eigenvalue weighted by Gasteiger charge is 2.14. The van der Waals surface area contributed by atoms with Gasteiger partial charge in [0.25, 0.3) is 5.91 Å². The molecular weight excluding hydrogens is 330 g/mol. The summed E-state index contributed by atoms with van der Waals surface area (Å²) in [6.07, 6.45) is 1.24. The van der Waals surface area contributed by atoms with E-state index in [1.165, 1.54) is 18.5 Å². The molecule has 0 atom stereocenters. The van der Waals surface area contributed by atoms with Crippen LogP contribution in [0.5, 0.6) is 17.4 Å². The summed E-state index contributed by atoms with van der Waals surface area (Å²) in [6.45, 7) is 0. The number of amides is 1. The molecule has 2 N–H and O–H groups in total. The van der Waals surface area contributed by atoms with Crippen LogP contribution in [0, 0.1) is 0 Å². The van der Waals surface area contributed by atoms with Crippen LogP contribution in [-0.4, -0.2) is 21.0 Å². The Morgan fingerprint density at radius 1 is 1.04 bits per heavy atom. The fraction of sp³-hybridized carbons (Fsp3) is 0. The Labute approximate surface area is 142 Å². The minimum Gasteiger partial charge on any atom is -0.508 e. The Bertz CT molecular complexity index is 855. The number of phenolic OH excluding ortho intramolecular Hbond substituents is 1. The molecule has 3 rings (SSSR count). The molecule has 0 fully saturated rings. The SMILES string of the molecule is O=C(Nc1ncnc(Oc2ccc(O)cc2)c1Cl)c1ccccc1. The lowest BCUT2D eigenvalue weighted by molar-refractivity contribution is 0.102. The highest BCUT2D eigenvalue weighted by atomic mass is 35.5. The number of hydrogen-bond acceptors (Lipinski definition) is 5. The average molecular weight is 342 g/mol. The molecule has 24 heavy (non-hydrogen) atoms. The lowest BCUT2D eigenvalue weighted by Gasteiger charge is -2.10. The van der Waals surface area contributed by atoms with Crippen molar-refractivity contribution in [1.82, 2.24) is 9.97 Å². The van der Waals surface area contributed by atoms with E-state index in [1.807, 2.05) is 6.07 Å². The third-order valence-electron chi connectivity index (χ3n) is 3.08. The number of aromatic hydroxyl groups is 1. The quantitative estimate of drug-likeness (QED) is 0.752. The van der Waals surface area contributed by atoms with Crippen molar-refractivity contribution in [1.29, 1.82) is 0 Å². The van der Waals surface area contributed by atoms with Crippen molar-refractivity contribution in [2.24, 2.45) is 0 Å². The maximum absolute atomic E-state index is 12.2. The van der Waals surface area contributed by atoms with Gasteiger partial charge < -0.3 is 15.2 Å². The molecule has 2 aromatic carbocycles. The zero-order chi connectivity index (χ0) is 16.9. The molecule has 0 radical (unpaired) electrons. The first-order chi connectivity index (χ1) is 11.6. The molecule has 0 aliphatic carbocycles. The van der Waals surface area contributed by atoms with Crippen LogP contribution in [0.1, 0.15) is 10.4 Å². The Kier molecular flexibility index (Phi) is 4.58.